The summed E-state index contributed by atoms with van der Waals surface area (Å²) >= 11 is 0. The number of hydrogen-bond donors (Lipinski definition) is 0. The van der Waals surface area contributed by atoms with Crippen molar-refractivity contribution >= 4 is 24.3 Å². The summed E-state index contributed by atoms with van der Waals surface area (Å²) in [5.74, 6) is -1.02. The van der Waals surface area contributed by atoms with Crippen molar-refractivity contribution in [2.45, 2.75) is 44.4 Å². The summed E-state index contributed by atoms with van der Waals surface area (Å²) in [6.45, 7) is 2.14. The van der Waals surface area contributed by atoms with E-state index in [0.29, 0.717) is 24.6 Å². The molecule has 6 heteroatoms. The number of halogens is 1. The van der Waals surface area contributed by atoms with Gasteiger partial charge in [-0.2, -0.15) is 0 Å². The summed E-state index contributed by atoms with van der Waals surface area (Å²) in [5.41, 5.74) is 0.515. The van der Waals surface area contributed by atoms with Crippen LogP contribution in [0.2, 0.25) is 0 Å². The van der Waals surface area contributed by atoms with E-state index in [9.17, 15) is 9.59 Å². The van der Waals surface area contributed by atoms with Crippen LogP contribution in [0, 0.1) is 5.92 Å². The van der Waals surface area contributed by atoms with E-state index in [1.165, 1.54) is 0 Å². The fraction of sp³-hybridized carbons (Fsp3) is 0.556. The lowest BCUT2D eigenvalue weighted by Gasteiger charge is -2.40. The first kappa shape index (κ1) is 18.7. The van der Waals surface area contributed by atoms with Gasteiger partial charge in [0.1, 0.15) is 12.0 Å². The highest BCUT2D eigenvalue weighted by Gasteiger charge is 2.51. The maximum absolute atomic E-state index is 12.4. The van der Waals surface area contributed by atoms with Gasteiger partial charge in [-0.15, -0.1) is 12.4 Å². The molecule has 0 unspecified atom stereocenters. The fourth-order valence-corrected chi connectivity index (χ4v) is 3.87. The highest BCUT2D eigenvalue weighted by molar-refractivity contribution is 5.89. The predicted octanol–water partition coefficient (Wildman–Crippen LogP) is 2.68. The van der Waals surface area contributed by atoms with Crippen molar-refractivity contribution < 1.29 is 19.1 Å². The van der Waals surface area contributed by atoms with Crippen molar-refractivity contribution in [1.29, 1.82) is 0 Å². The monoisotopic (exact) mass is 353 g/mol. The molecule has 2 saturated heterocycles. The van der Waals surface area contributed by atoms with Crippen LogP contribution in [0.1, 0.15) is 36.5 Å². The molecule has 1 aromatic rings. The molecule has 24 heavy (non-hydrogen) atoms. The van der Waals surface area contributed by atoms with E-state index < -0.39 is 12.0 Å². The summed E-state index contributed by atoms with van der Waals surface area (Å²) in [6.07, 6.45) is 2.27. The lowest BCUT2D eigenvalue weighted by atomic mass is 9.87. The maximum Gasteiger partial charge on any atom is 0.338 e. The second-order valence-electron chi connectivity index (χ2n) is 6.29. The Bertz CT molecular complexity index is 580. The van der Waals surface area contributed by atoms with Gasteiger partial charge in [0.2, 0.25) is 0 Å². The Labute approximate surface area is 148 Å². The number of carbonyl (C=O) groups excluding carboxylic acids is 2. The molecule has 0 spiro atoms. The number of nitrogens with zero attached hydrogens (tertiary/aromatic N) is 1. The molecule has 132 valence electrons. The average molecular weight is 354 g/mol. The Hall–Kier alpha value is -1.59. The zero-order valence-electron chi connectivity index (χ0n) is 14.0. The number of ether oxygens (including phenoxy) is 2. The lowest BCUT2D eigenvalue weighted by Crippen LogP contribution is -2.53. The van der Waals surface area contributed by atoms with E-state index in [2.05, 4.69) is 4.90 Å². The maximum atomic E-state index is 12.4. The Kier molecular flexibility index (Phi) is 6.24. The largest absolute Gasteiger partial charge is 0.466 e. The molecule has 0 aliphatic carbocycles. The van der Waals surface area contributed by atoms with Crippen LogP contribution in [0.3, 0.4) is 0 Å². The first-order valence-corrected chi connectivity index (χ1v) is 8.26. The molecule has 0 aromatic heterocycles. The third-order valence-corrected chi connectivity index (χ3v) is 5.04. The number of benzene rings is 1. The molecule has 2 heterocycles. The minimum absolute atomic E-state index is 0. The van der Waals surface area contributed by atoms with Crippen LogP contribution < -0.4 is 0 Å². The molecular formula is C18H24ClNO4. The summed E-state index contributed by atoms with van der Waals surface area (Å²) in [5, 5.41) is 0. The first-order chi connectivity index (χ1) is 11.1. The standard InChI is InChI=1S/C18H23NO4.ClH/c1-3-22-18(21)16-14-10-9-13(19(14)2)11-15(16)23-17(20)12-7-5-4-6-8-12;/h4-8,13-16H,3,9-11H2,1-2H3;1H/t13-,14+,15-,16+;/m0./s1. The number of piperidine rings is 1. The van der Waals surface area contributed by atoms with Gasteiger partial charge in [-0.05, 0) is 38.9 Å². The van der Waals surface area contributed by atoms with E-state index in [1.54, 1.807) is 31.2 Å². The highest BCUT2D eigenvalue weighted by atomic mass is 35.5. The van der Waals surface area contributed by atoms with Crippen LogP contribution in [0.4, 0.5) is 0 Å². The Morgan fingerprint density at radius 3 is 2.58 bits per heavy atom. The second-order valence-corrected chi connectivity index (χ2v) is 6.29. The Morgan fingerprint density at radius 1 is 1.21 bits per heavy atom. The summed E-state index contributed by atoms with van der Waals surface area (Å²) in [4.78, 5) is 27.0. The van der Waals surface area contributed by atoms with Crippen LogP contribution in [0.5, 0.6) is 0 Å². The number of carbonyl (C=O) groups is 2. The zero-order chi connectivity index (χ0) is 16.4. The van der Waals surface area contributed by atoms with Crippen molar-refractivity contribution in [3.63, 3.8) is 0 Å². The van der Waals surface area contributed by atoms with Gasteiger partial charge in [0.05, 0.1) is 12.2 Å². The quantitative estimate of drug-likeness (QED) is 0.779. The molecule has 0 radical (unpaired) electrons. The molecule has 4 atom stereocenters. The third-order valence-electron chi connectivity index (χ3n) is 5.04. The molecule has 2 aliphatic heterocycles. The third kappa shape index (κ3) is 3.57. The molecule has 2 bridgehead atoms. The normalized spacial score (nSPS) is 28.8. The molecule has 2 aliphatic rings. The predicted molar refractivity (Wildman–Crippen MR) is 92.2 cm³/mol. The van der Waals surface area contributed by atoms with Crippen LogP contribution >= 0.6 is 12.4 Å². The Morgan fingerprint density at radius 2 is 1.92 bits per heavy atom. The SMILES string of the molecule is CCOC(=O)[C@H]1[C@@H](OC(=O)c2ccccc2)C[C@@H]2CC[C@H]1N2C.Cl. The number of rotatable bonds is 4. The van der Waals surface area contributed by atoms with Crippen LogP contribution in [0.15, 0.2) is 30.3 Å². The first-order valence-electron chi connectivity index (χ1n) is 8.26. The fourth-order valence-electron chi connectivity index (χ4n) is 3.87. The lowest BCUT2D eigenvalue weighted by molar-refractivity contribution is -0.158. The molecule has 5 nitrogen and oxygen atoms in total. The van der Waals surface area contributed by atoms with Gasteiger partial charge >= 0.3 is 11.9 Å². The molecule has 1 aromatic carbocycles. The van der Waals surface area contributed by atoms with Crippen molar-refractivity contribution in [2.75, 3.05) is 13.7 Å². The van der Waals surface area contributed by atoms with Gasteiger partial charge in [-0.3, -0.25) is 9.69 Å². The van der Waals surface area contributed by atoms with Gasteiger partial charge in [-0.1, -0.05) is 18.2 Å². The molecule has 0 amide bonds. The number of esters is 2. The van der Waals surface area contributed by atoms with E-state index in [0.717, 1.165) is 12.8 Å². The van der Waals surface area contributed by atoms with Crippen LogP contribution in [0.25, 0.3) is 0 Å². The minimum Gasteiger partial charge on any atom is -0.466 e. The molecule has 2 fully saturated rings. The van der Waals surface area contributed by atoms with E-state index in [1.807, 2.05) is 13.1 Å². The van der Waals surface area contributed by atoms with Gasteiger partial charge in [0.15, 0.2) is 0 Å². The second kappa shape index (κ2) is 7.99. The van der Waals surface area contributed by atoms with Crippen molar-refractivity contribution in [2.24, 2.45) is 5.92 Å². The summed E-state index contributed by atoms with van der Waals surface area (Å²) in [7, 11) is 2.05. The van der Waals surface area contributed by atoms with Gasteiger partial charge < -0.3 is 9.47 Å². The topological polar surface area (TPSA) is 55.8 Å². The molecular weight excluding hydrogens is 330 g/mol. The number of hydrogen-bond acceptors (Lipinski definition) is 5. The van der Waals surface area contributed by atoms with Gasteiger partial charge in [0.25, 0.3) is 0 Å². The summed E-state index contributed by atoms with van der Waals surface area (Å²) < 4.78 is 11.0. The zero-order valence-corrected chi connectivity index (χ0v) is 14.8. The van der Waals surface area contributed by atoms with E-state index >= 15 is 0 Å². The highest BCUT2D eigenvalue weighted by Crippen LogP contribution is 2.40. The average Bonchev–Trinajstić information content (AvgIpc) is 2.80. The van der Waals surface area contributed by atoms with Crippen molar-refractivity contribution in [1.82, 2.24) is 4.90 Å². The smallest absolute Gasteiger partial charge is 0.338 e. The molecule has 3 rings (SSSR count). The molecule has 0 saturated carbocycles. The number of fused-ring (bicyclic) bond motifs is 2. The Balaban J connectivity index is 0.00000208. The van der Waals surface area contributed by atoms with Crippen LogP contribution in [-0.4, -0.2) is 48.7 Å². The van der Waals surface area contributed by atoms with E-state index in [4.69, 9.17) is 9.47 Å². The van der Waals surface area contributed by atoms with Crippen molar-refractivity contribution in [3.05, 3.63) is 35.9 Å². The van der Waals surface area contributed by atoms with Gasteiger partial charge in [-0.25, -0.2) is 4.79 Å². The van der Waals surface area contributed by atoms with Crippen molar-refractivity contribution in [3.8, 4) is 0 Å². The van der Waals surface area contributed by atoms with E-state index in [-0.39, 0.29) is 30.4 Å². The molecule has 0 N–H and O–H groups in total. The van der Waals surface area contributed by atoms with Gasteiger partial charge in [0, 0.05) is 18.5 Å². The van der Waals surface area contributed by atoms with Crippen LogP contribution in [-0.2, 0) is 14.3 Å². The summed E-state index contributed by atoms with van der Waals surface area (Å²) in [6, 6.07) is 9.39. The minimum atomic E-state index is -0.407.